The number of ether oxygens (including phenoxy) is 1. The molecule has 0 heterocycles. The molecule has 0 bridgehead atoms. The lowest BCUT2D eigenvalue weighted by molar-refractivity contribution is 0.0815. The molecule has 0 aliphatic carbocycles. The summed E-state index contributed by atoms with van der Waals surface area (Å²) >= 11 is 0. The van der Waals surface area contributed by atoms with Crippen molar-refractivity contribution in [1.82, 2.24) is 0 Å². The summed E-state index contributed by atoms with van der Waals surface area (Å²) in [7, 11) is 0. The maximum absolute atomic E-state index is 8.42. The van der Waals surface area contributed by atoms with Gasteiger partial charge in [0.25, 0.3) is 0 Å². The van der Waals surface area contributed by atoms with Crippen molar-refractivity contribution in [2.45, 2.75) is 13.5 Å². The molecule has 3 nitrogen and oxygen atoms in total. The molecule has 0 aromatic heterocycles. The molecule has 0 aliphatic rings. The molecule has 14 heavy (non-hydrogen) atoms. The minimum absolute atomic E-state index is 0.0901. The van der Waals surface area contributed by atoms with Gasteiger partial charge in [-0.3, -0.25) is 0 Å². The minimum atomic E-state index is 0.0901. The SMILES string of the molecule is CCO.OCCOCc1ccccc1. The number of rotatable bonds is 4. The average molecular weight is 198 g/mol. The molecule has 0 spiro atoms. The zero-order chi connectivity index (χ0) is 10.6. The number of benzene rings is 1. The lowest BCUT2D eigenvalue weighted by atomic mass is 10.2. The van der Waals surface area contributed by atoms with Gasteiger partial charge in [-0.1, -0.05) is 30.3 Å². The maximum Gasteiger partial charge on any atom is 0.0718 e. The van der Waals surface area contributed by atoms with E-state index >= 15 is 0 Å². The van der Waals surface area contributed by atoms with Crippen LogP contribution in [0, 0.1) is 0 Å². The Morgan fingerprint density at radius 1 is 1.14 bits per heavy atom. The van der Waals surface area contributed by atoms with Crippen LogP contribution in [0.2, 0.25) is 0 Å². The molecule has 0 fully saturated rings. The first-order chi connectivity index (χ1) is 6.85. The molecule has 0 saturated carbocycles. The van der Waals surface area contributed by atoms with E-state index in [9.17, 15) is 0 Å². The molecule has 1 aromatic rings. The summed E-state index contributed by atoms with van der Waals surface area (Å²) in [4.78, 5) is 0. The van der Waals surface area contributed by atoms with Crippen molar-refractivity contribution in [1.29, 1.82) is 0 Å². The minimum Gasteiger partial charge on any atom is -0.397 e. The normalized spacial score (nSPS) is 9.07. The topological polar surface area (TPSA) is 49.7 Å². The van der Waals surface area contributed by atoms with E-state index in [2.05, 4.69) is 0 Å². The molecular formula is C11H18O3. The standard InChI is InChI=1S/C9H12O2.C2H6O/c10-6-7-11-8-9-4-2-1-3-5-9;1-2-3/h1-5,10H,6-8H2;3H,2H2,1H3. The Morgan fingerprint density at radius 3 is 2.21 bits per heavy atom. The van der Waals surface area contributed by atoms with Gasteiger partial charge in [-0.05, 0) is 12.5 Å². The Kier molecular flexibility index (Phi) is 9.53. The lowest BCUT2D eigenvalue weighted by Gasteiger charge is -2.00. The van der Waals surface area contributed by atoms with E-state index in [0.29, 0.717) is 13.2 Å². The summed E-state index contributed by atoms with van der Waals surface area (Å²) in [5, 5.41) is 16.0. The highest BCUT2D eigenvalue weighted by atomic mass is 16.5. The largest absolute Gasteiger partial charge is 0.397 e. The van der Waals surface area contributed by atoms with E-state index in [1.165, 1.54) is 0 Å². The number of aliphatic hydroxyl groups excluding tert-OH is 2. The zero-order valence-corrected chi connectivity index (χ0v) is 8.52. The number of hydrogen-bond donors (Lipinski definition) is 2. The molecule has 2 N–H and O–H groups in total. The third-order valence-electron chi connectivity index (χ3n) is 1.35. The number of aliphatic hydroxyl groups is 2. The van der Waals surface area contributed by atoms with Crippen LogP contribution in [0.5, 0.6) is 0 Å². The summed E-state index contributed by atoms with van der Waals surface area (Å²) in [6.45, 7) is 3.02. The Morgan fingerprint density at radius 2 is 1.71 bits per heavy atom. The Hall–Kier alpha value is -0.900. The molecule has 0 amide bonds. The highest BCUT2D eigenvalue weighted by molar-refractivity contribution is 5.13. The molecule has 80 valence electrons. The first-order valence-electron chi connectivity index (χ1n) is 4.68. The van der Waals surface area contributed by atoms with Crippen LogP contribution < -0.4 is 0 Å². The van der Waals surface area contributed by atoms with Crippen LogP contribution in [-0.4, -0.2) is 30.0 Å². The van der Waals surface area contributed by atoms with Gasteiger partial charge in [-0.25, -0.2) is 0 Å². The smallest absolute Gasteiger partial charge is 0.0718 e. The lowest BCUT2D eigenvalue weighted by Crippen LogP contribution is -1.98. The molecule has 0 saturated heterocycles. The summed E-state index contributed by atoms with van der Waals surface area (Å²) in [5.41, 5.74) is 1.14. The van der Waals surface area contributed by atoms with Crippen molar-refractivity contribution in [2.75, 3.05) is 19.8 Å². The highest BCUT2D eigenvalue weighted by Crippen LogP contribution is 1.99. The molecular weight excluding hydrogens is 180 g/mol. The second-order valence-electron chi connectivity index (χ2n) is 2.58. The van der Waals surface area contributed by atoms with Crippen LogP contribution in [0.3, 0.4) is 0 Å². The van der Waals surface area contributed by atoms with Crippen molar-refractivity contribution in [3.63, 3.8) is 0 Å². The quantitative estimate of drug-likeness (QED) is 0.715. The van der Waals surface area contributed by atoms with Crippen molar-refractivity contribution in [3.8, 4) is 0 Å². The molecule has 1 aromatic carbocycles. The van der Waals surface area contributed by atoms with Gasteiger partial charge in [0.1, 0.15) is 0 Å². The molecule has 0 aliphatic heterocycles. The Bertz CT molecular complexity index is 199. The van der Waals surface area contributed by atoms with Gasteiger partial charge in [0, 0.05) is 6.61 Å². The van der Waals surface area contributed by atoms with Crippen molar-refractivity contribution in [3.05, 3.63) is 35.9 Å². The second kappa shape index (κ2) is 10.2. The molecule has 0 radical (unpaired) electrons. The average Bonchev–Trinajstić information content (AvgIpc) is 2.21. The van der Waals surface area contributed by atoms with E-state index in [1.54, 1.807) is 6.92 Å². The van der Waals surface area contributed by atoms with Gasteiger partial charge in [0.15, 0.2) is 0 Å². The Labute approximate surface area is 85.0 Å². The van der Waals surface area contributed by atoms with Gasteiger partial charge < -0.3 is 14.9 Å². The predicted octanol–water partition coefficient (Wildman–Crippen LogP) is 1.19. The fourth-order valence-electron chi connectivity index (χ4n) is 0.829. The Balaban J connectivity index is 0.000000500. The van der Waals surface area contributed by atoms with Crippen molar-refractivity contribution in [2.24, 2.45) is 0 Å². The van der Waals surface area contributed by atoms with Crippen LogP contribution >= 0.6 is 0 Å². The van der Waals surface area contributed by atoms with E-state index < -0.39 is 0 Å². The maximum atomic E-state index is 8.42. The van der Waals surface area contributed by atoms with E-state index in [1.807, 2.05) is 30.3 Å². The number of hydrogen-bond acceptors (Lipinski definition) is 3. The van der Waals surface area contributed by atoms with Gasteiger partial charge in [0.2, 0.25) is 0 Å². The van der Waals surface area contributed by atoms with E-state index in [0.717, 1.165) is 5.56 Å². The molecule has 1 rings (SSSR count). The molecule has 3 heteroatoms. The van der Waals surface area contributed by atoms with E-state index in [4.69, 9.17) is 14.9 Å². The monoisotopic (exact) mass is 198 g/mol. The first kappa shape index (κ1) is 13.1. The second-order valence-corrected chi connectivity index (χ2v) is 2.58. The molecule has 0 atom stereocenters. The summed E-state index contributed by atoms with van der Waals surface area (Å²) in [6, 6.07) is 9.90. The van der Waals surface area contributed by atoms with Gasteiger partial charge >= 0.3 is 0 Å². The van der Waals surface area contributed by atoms with Crippen molar-refractivity contribution >= 4 is 0 Å². The molecule has 0 unspecified atom stereocenters. The van der Waals surface area contributed by atoms with Crippen LogP contribution in [-0.2, 0) is 11.3 Å². The fraction of sp³-hybridized carbons (Fsp3) is 0.455. The third-order valence-corrected chi connectivity index (χ3v) is 1.35. The fourth-order valence-corrected chi connectivity index (χ4v) is 0.829. The van der Waals surface area contributed by atoms with Gasteiger partial charge in [-0.15, -0.1) is 0 Å². The van der Waals surface area contributed by atoms with Crippen LogP contribution in [0.4, 0.5) is 0 Å². The summed E-state index contributed by atoms with van der Waals surface area (Å²) in [6.07, 6.45) is 0. The summed E-state index contributed by atoms with van der Waals surface area (Å²) < 4.78 is 5.12. The van der Waals surface area contributed by atoms with Crippen LogP contribution in [0.15, 0.2) is 30.3 Å². The van der Waals surface area contributed by atoms with Crippen LogP contribution in [0.1, 0.15) is 12.5 Å². The predicted molar refractivity (Wildman–Crippen MR) is 55.9 cm³/mol. The van der Waals surface area contributed by atoms with Gasteiger partial charge in [-0.2, -0.15) is 0 Å². The first-order valence-corrected chi connectivity index (χ1v) is 4.68. The highest BCUT2D eigenvalue weighted by Gasteiger charge is 1.88. The van der Waals surface area contributed by atoms with E-state index in [-0.39, 0.29) is 13.2 Å². The summed E-state index contributed by atoms with van der Waals surface area (Å²) in [5.74, 6) is 0. The zero-order valence-electron chi connectivity index (χ0n) is 8.52. The van der Waals surface area contributed by atoms with Gasteiger partial charge in [0.05, 0.1) is 19.8 Å². The third kappa shape index (κ3) is 7.73. The van der Waals surface area contributed by atoms with Crippen LogP contribution in [0.25, 0.3) is 0 Å². The van der Waals surface area contributed by atoms with Crippen molar-refractivity contribution < 1.29 is 14.9 Å².